The number of methoxy groups -OCH3 is 1. The van der Waals surface area contributed by atoms with E-state index in [1.165, 1.54) is 0 Å². The first-order valence-corrected chi connectivity index (χ1v) is 7.22. The molecule has 0 radical (unpaired) electrons. The van der Waals surface area contributed by atoms with Gasteiger partial charge in [-0.15, -0.1) is 0 Å². The maximum atomic E-state index is 12.6. The van der Waals surface area contributed by atoms with E-state index in [1.54, 1.807) is 29.4 Å². The Bertz CT molecular complexity index is 572. The van der Waals surface area contributed by atoms with Crippen molar-refractivity contribution >= 4 is 17.8 Å². The van der Waals surface area contributed by atoms with Crippen LogP contribution < -0.4 is 9.64 Å². The normalized spacial score (nSPS) is 13.4. The van der Waals surface area contributed by atoms with Crippen LogP contribution in [-0.2, 0) is 4.79 Å². The Balaban J connectivity index is 2.14. The van der Waals surface area contributed by atoms with Gasteiger partial charge in [-0.05, 0) is 50.3 Å². The number of carbonyl (C=O) groups excluding carboxylic acids is 1. The second kappa shape index (κ2) is 7.45. The molecular formula is C17H21N3O2. The van der Waals surface area contributed by atoms with Crippen molar-refractivity contribution in [2.45, 2.75) is 19.9 Å². The number of amides is 1. The summed E-state index contributed by atoms with van der Waals surface area (Å²) in [6, 6.07) is 7.54. The summed E-state index contributed by atoms with van der Waals surface area (Å²) in [5, 5.41) is 5.82. The van der Waals surface area contributed by atoms with Crippen molar-refractivity contribution in [3.05, 3.63) is 48.7 Å². The van der Waals surface area contributed by atoms with Crippen LogP contribution in [0, 0.1) is 0 Å². The van der Waals surface area contributed by atoms with Gasteiger partial charge in [0, 0.05) is 24.1 Å². The minimum atomic E-state index is -0.0103. The van der Waals surface area contributed by atoms with E-state index in [0.29, 0.717) is 0 Å². The highest BCUT2D eigenvalue weighted by atomic mass is 16.5. The number of hydrazone groups is 1. The third-order valence-electron chi connectivity index (χ3n) is 3.21. The molecule has 1 aliphatic heterocycles. The van der Waals surface area contributed by atoms with Crippen molar-refractivity contribution in [1.82, 2.24) is 5.01 Å². The summed E-state index contributed by atoms with van der Waals surface area (Å²) in [6.45, 7) is 4.18. The molecule has 5 heteroatoms. The van der Waals surface area contributed by atoms with Crippen LogP contribution in [0.15, 0.2) is 53.8 Å². The van der Waals surface area contributed by atoms with Crippen molar-refractivity contribution in [3.63, 3.8) is 0 Å². The molecule has 1 aliphatic rings. The van der Waals surface area contributed by atoms with Crippen LogP contribution in [0.2, 0.25) is 0 Å². The summed E-state index contributed by atoms with van der Waals surface area (Å²) < 4.78 is 5.16. The number of hydrogen-bond donors (Lipinski definition) is 0. The van der Waals surface area contributed by atoms with Crippen molar-refractivity contribution in [1.29, 1.82) is 0 Å². The minimum absolute atomic E-state index is 0.0103. The largest absolute Gasteiger partial charge is 0.497 e. The zero-order chi connectivity index (χ0) is 15.9. The van der Waals surface area contributed by atoms with Gasteiger partial charge in [-0.25, -0.2) is 0 Å². The average Bonchev–Trinajstić information content (AvgIpc) is 2.76. The summed E-state index contributed by atoms with van der Waals surface area (Å²) in [5.74, 6) is 0.759. The highest BCUT2D eigenvalue weighted by Gasteiger charge is 2.20. The SMILES string of the molecule is COc1ccc(N(C(=O)CN2C=CC=CC=N2)C(C)C)cc1. The molecule has 0 unspecified atom stereocenters. The number of hydrogen-bond acceptors (Lipinski definition) is 4. The summed E-state index contributed by atoms with van der Waals surface area (Å²) in [5.41, 5.74) is 0.849. The van der Waals surface area contributed by atoms with Gasteiger partial charge >= 0.3 is 0 Å². The first kappa shape index (κ1) is 15.8. The van der Waals surface area contributed by atoms with E-state index in [-0.39, 0.29) is 18.5 Å². The zero-order valence-corrected chi connectivity index (χ0v) is 13.1. The molecule has 0 saturated heterocycles. The average molecular weight is 299 g/mol. The molecule has 1 heterocycles. The third-order valence-corrected chi connectivity index (χ3v) is 3.21. The van der Waals surface area contributed by atoms with Gasteiger partial charge in [0.15, 0.2) is 0 Å². The summed E-state index contributed by atoms with van der Waals surface area (Å²) in [7, 11) is 1.62. The zero-order valence-electron chi connectivity index (χ0n) is 13.1. The number of benzene rings is 1. The standard InChI is InChI=1S/C17H21N3O2/c1-14(2)20(15-7-9-16(22-3)10-8-15)17(21)13-19-12-6-4-5-11-18-19/h4-12,14H,13H2,1-3H3. The smallest absolute Gasteiger partial charge is 0.248 e. The Morgan fingerprint density at radius 3 is 2.59 bits per heavy atom. The Labute approximate surface area is 131 Å². The number of rotatable bonds is 5. The van der Waals surface area contributed by atoms with Gasteiger partial charge in [-0.2, -0.15) is 5.10 Å². The van der Waals surface area contributed by atoms with Gasteiger partial charge < -0.3 is 9.64 Å². The lowest BCUT2D eigenvalue weighted by molar-refractivity contribution is -0.119. The second-order valence-corrected chi connectivity index (χ2v) is 5.14. The molecule has 0 saturated carbocycles. The first-order chi connectivity index (χ1) is 10.6. The molecule has 0 aliphatic carbocycles. The van der Waals surface area contributed by atoms with Gasteiger partial charge in [0.1, 0.15) is 12.3 Å². The molecule has 116 valence electrons. The number of ether oxygens (including phenoxy) is 1. The second-order valence-electron chi connectivity index (χ2n) is 5.14. The highest BCUT2D eigenvalue weighted by molar-refractivity contribution is 5.95. The number of allylic oxidation sites excluding steroid dienone is 3. The minimum Gasteiger partial charge on any atom is -0.497 e. The van der Waals surface area contributed by atoms with Gasteiger partial charge in [-0.3, -0.25) is 9.80 Å². The highest BCUT2D eigenvalue weighted by Crippen LogP contribution is 2.21. The van der Waals surface area contributed by atoms with Crippen LogP contribution in [0.4, 0.5) is 5.69 Å². The lowest BCUT2D eigenvalue weighted by Crippen LogP contribution is -2.41. The molecule has 0 bridgehead atoms. The lowest BCUT2D eigenvalue weighted by atomic mass is 10.2. The van der Waals surface area contributed by atoms with Crippen molar-refractivity contribution < 1.29 is 9.53 Å². The third kappa shape index (κ3) is 3.97. The van der Waals surface area contributed by atoms with E-state index in [2.05, 4.69) is 5.10 Å². The predicted octanol–water partition coefficient (Wildman–Crippen LogP) is 2.81. The number of anilines is 1. The summed E-state index contributed by atoms with van der Waals surface area (Å²) in [6.07, 6.45) is 9.00. The molecule has 22 heavy (non-hydrogen) atoms. The Kier molecular flexibility index (Phi) is 5.36. The fourth-order valence-electron chi connectivity index (χ4n) is 2.21. The molecule has 0 N–H and O–H groups in total. The topological polar surface area (TPSA) is 45.1 Å². The maximum Gasteiger partial charge on any atom is 0.248 e. The van der Waals surface area contributed by atoms with Crippen LogP contribution in [0.5, 0.6) is 5.75 Å². The fourth-order valence-corrected chi connectivity index (χ4v) is 2.21. The van der Waals surface area contributed by atoms with Crippen molar-refractivity contribution in [2.75, 3.05) is 18.6 Å². The van der Waals surface area contributed by atoms with Crippen molar-refractivity contribution in [2.24, 2.45) is 5.10 Å². The van der Waals surface area contributed by atoms with E-state index < -0.39 is 0 Å². The Morgan fingerprint density at radius 2 is 1.95 bits per heavy atom. The van der Waals surface area contributed by atoms with E-state index in [9.17, 15) is 4.79 Å². The van der Waals surface area contributed by atoms with Gasteiger partial charge in [-0.1, -0.05) is 6.08 Å². The molecule has 0 atom stereocenters. The van der Waals surface area contributed by atoms with Gasteiger partial charge in [0.2, 0.25) is 5.91 Å². The van der Waals surface area contributed by atoms with Crippen LogP contribution in [0.1, 0.15) is 13.8 Å². The quantitative estimate of drug-likeness (QED) is 0.840. The van der Waals surface area contributed by atoms with Crippen LogP contribution in [0.25, 0.3) is 0 Å². The van der Waals surface area contributed by atoms with Gasteiger partial charge in [0.25, 0.3) is 0 Å². The molecule has 0 fully saturated rings. The molecule has 5 nitrogen and oxygen atoms in total. The molecule has 0 aromatic heterocycles. The maximum absolute atomic E-state index is 12.6. The van der Waals surface area contributed by atoms with Crippen LogP contribution in [0.3, 0.4) is 0 Å². The Morgan fingerprint density at radius 1 is 1.23 bits per heavy atom. The van der Waals surface area contributed by atoms with E-state index in [0.717, 1.165) is 11.4 Å². The number of nitrogens with zero attached hydrogens (tertiary/aromatic N) is 3. The summed E-state index contributed by atoms with van der Waals surface area (Å²) in [4.78, 5) is 14.4. The molecular weight excluding hydrogens is 278 g/mol. The lowest BCUT2D eigenvalue weighted by Gasteiger charge is -2.28. The molecule has 2 rings (SSSR count). The molecule has 1 aromatic carbocycles. The number of carbonyl (C=O) groups is 1. The predicted molar refractivity (Wildman–Crippen MR) is 89.1 cm³/mol. The first-order valence-electron chi connectivity index (χ1n) is 7.22. The van der Waals surface area contributed by atoms with E-state index >= 15 is 0 Å². The monoisotopic (exact) mass is 299 g/mol. The Hall–Kier alpha value is -2.56. The van der Waals surface area contributed by atoms with E-state index in [1.807, 2.05) is 56.3 Å². The molecule has 1 aromatic rings. The fraction of sp³-hybridized carbons (Fsp3) is 0.294. The molecule has 0 spiro atoms. The van der Waals surface area contributed by atoms with E-state index in [4.69, 9.17) is 4.74 Å². The van der Waals surface area contributed by atoms with Crippen LogP contribution in [-0.4, -0.2) is 36.8 Å². The summed E-state index contributed by atoms with van der Waals surface area (Å²) >= 11 is 0. The van der Waals surface area contributed by atoms with Crippen LogP contribution >= 0.6 is 0 Å². The van der Waals surface area contributed by atoms with Crippen molar-refractivity contribution in [3.8, 4) is 5.75 Å². The van der Waals surface area contributed by atoms with Gasteiger partial charge in [0.05, 0.1) is 7.11 Å². The molecule has 1 amide bonds.